The monoisotopic (exact) mass is 308 g/mol. The van der Waals surface area contributed by atoms with Gasteiger partial charge in [-0.05, 0) is 36.2 Å². The smallest absolute Gasteiger partial charge is 0.251 e. The number of hydrogen-bond donors (Lipinski definition) is 2. The second kappa shape index (κ2) is 6.87. The quantitative estimate of drug-likeness (QED) is 0.895. The first-order valence-corrected chi connectivity index (χ1v) is 9.33. The van der Waals surface area contributed by atoms with Crippen LogP contribution in [0.25, 0.3) is 0 Å². The SMILES string of the molecule is O=C(NCC1CSCCS1)c1ccc2c(c1)CNCC2. The summed E-state index contributed by atoms with van der Waals surface area (Å²) in [5.41, 5.74) is 3.44. The van der Waals surface area contributed by atoms with Crippen molar-refractivity contribution in [3.63, 3.8) is 0 Å². The van der Waals surface area contributed by atoms with Crippen molar-refractivity contribution < 1.29 is 4.79 Å². The molecule has 108 valence electrons. The molecule has 2 N–H and O–H groups in total. The minimum absolute atomic E-state index is 0.0644. The number of amides is 1. The zero-order valence-corrected chi connectivity index (χ0v) is 13.1. The molecule has 1 unspecified atom stereocenters. The van der Waals surface area contributed by atoms with Gasteiger partial charge in [-0.3, -0.25) is 4.79 Å². The predicted octanol–water partition coefficient (Wildman–Crippen LogP) is 1.91. The van der Waals surface area contributed by atoms with E-state index in [9.17, 15) is 4.79 Å². The van der Waals surface area contributed by atoms with Crippen LogP contribution in [-0.4, -0.2) is 41.5 Å². The van der Waals surface area contributed by atoms with Gasteiger partial charge in [-0.25, -0.2) is 0 Å². The third-order valence-electron chi connectivity index (χ3n) is 3.73. The van der Waals surface area contributed by atoms with E-state index in [1.165, 1.54) is 22.6 Å². The average molecular weight is 308 g/mol. The van der Waals surface area contributed by atoms with Crippen molar-refractivity contribution in [2.24, 2.45) is 0 Å². The predicted molar refractivity (Wildman–Crippen MR) is 87.8 cm³/mol. The van der Waals surface area contributed by atoms with Gasteiger partial charge in [-0.2, -0.15) is 23.5 Å². The van der Waals surface area contributed by atoms with Crippen LogP contribution in [0.15, 0.2) is 18.2 Å². The highest BCUT2D eigenvalue weighted by molar-refractivity contribution is 8.06. The minimum atomic E-state index is 0.0644. The van der Waals surface area contributed by atoms with Gasteiger partial charge in [-0.15, -0.1) is 0 Å². The third-order valence-corrected chi connectivity index (χ3v) is 6.58. The summed E-state index contributed by atoms with van der Waals surface area (Å²) >= 11 is 3.97. The van der Waals surface area contributed by atoms with Crippen LogP contribution in [0, 0.1) is 0 Å². The number of rotatable bonds is 3. The van der Waals surface area contributed by atoms with Crippen LogP contribution in [0.1, 0.15) is 21.5 Å². The van der Waals surface area contributed by atoms with Crippen molar-refractivity contribution in [1.29, 1.82) is 0 Å². The number of carbonyl (C=O) groups excluding carboxylic acids is 1. The van der Waals surface area contributed by atoms with E-state index in [4.69, 9.17) is 0 Å². The maximum atomic E-state index is 12.2. The van der Waals surface area contributed by atoms with E-state index >= 15 is 0 Å². The van der Waals surface area contributed by atoms with Gasteiger partial charge in [0.1, 0.15) is 0 Å². The Morgan fingerprint density at radius 1 is 1.35 bits per heavy atom. The highest BCUT2D eigenvalue weighted by Gasteiger charge is 2.16. The fraction of sp³-hybridized carbons (Fsp3) is 0.533. The van der Waals surface area contributed by atoms with Gasteiger partial charge in [0, 0.05) is 41.2 Å². The first kappa shape index (κ1) is 14.3. The van der Waals surface area contributed by atoms with Gasteiger partial charge in [0.25, 0.3) is 5.91 Å². The molecular formula is C15H20N2OS2. The summed E-state index contributed by atoms with van der Waals surface area (Å²) in [5.74, 6) is 3.66. The lowest BCUT2D eigenvalue weighted by Gasteiger charge is -2.21. The van der Waals surface area contributed by atoms with Crippen LogP contribution in [0.4, 0.5) is 0 Å². The van der Waals surface area contributed by atoms with Crippen molar-refractivity contribution in [1.82, 2.24) is 10.6 Å². The first-order valence-electron chi connectivity index (χ1n) is 7.13. The molecule has 2 aliphatic heterocycles. The number of carbonyl (C=O) groups is 1. The van der Waals surface area contributed by atoms with E-state index in [0.29, 0.717) is 5.25 Å². The summed E-state index contributed by atoms with van der Waals surface area (Å²) < 4.78 is 0. The molecule has 20 heavy (non-hydrogen) atoms. The van der Waals surface area contributed by atoms with E-state index < -0.39 is 0 Å². The van der Waals surface area contributed by atoms with Crippen molar-refractivity contribution in [2.75, 3.05) is 30.3 Å². The topological polar surface area (TPSA) is 41.1 Å². The van der Waals surface area contributed by atoms with Crippen molar-refractivity contribution >= 4 is 29.4 Å². The third kappa shape index (κ3) is 3.51. The summed E-state index contributed by atoms with van der Waals surface area (Å²) in [5, 5.41) is 7.00. The lowest BCUT2D eigenvalue weighted by molar-refractivity contribution is 0.0954. The summed E-state index contributed by atoms with van der Waals surface area (Å²) in [6.07, 6.45) is 1.06. The molecule has 2 heterocycles. The number of thioether (sulfide) groups is 2. The van der Waals surface area contributed by atoms with E-state index in [0.717, 1.165) is 37.4 Å². The Hall–Kier alpha value is -0.650. The van der Waals surface area contributed by atoms with Gasteiger partial charge < -0.3 is 10.6 Å². The van der Waals surface area contributed by atoms with E-state index in [-0.39, 0.29) is 5.91 Å². The molecule has 0 aliphatic carbocycles. The van der Waals surface area contributed by atoms with Gasteiger partial charge in [-0.1, -0.05) is 6.07 Å². The highest BCUT2D eigenvalue weighted by atomic mass is 32.2. The molecule has 0 radical (unpaired) electrons. The second-order valence-corrected chi connectivity index (χ2v) is 7.75. The number of hydrogen-bond acceptors (Lipinski definition) is 4. The number of nitrogens with one attached hydrogen (secondary N) is 2. The Bertz CT molecular complexity index is 487. The lowest BCUT2D eigenvalue weighted by Crippen LogP contribution is -2.33. The normalized spacial score (nSPS) is 22.1. The second-order valence-electron chi connectivity index (χ2n) is 5.19. The molecule has 5 heteroatoms. The van der Waals surface area contributed by atoms with Crippen LogP contribution in [0.3, 0.4) is 0 Å². The largest absolute Gasteiger partial charge is 0.351 e. The summed E-state index contributed by atoms with van der Waals surface area (Å²) in [7, 11) is 0. The molecule has 1 amide bonds. The van der Waals surface area contributed by atoms with Crippen LogP contribution in [0.2, 0.25) is 0 Å². The minimum Gasteiger partial charge on any atom is -0.351 e. The maximum absolute atomic E-state index is 12.2. The van der Waals surface area contributed by atoms with Gasteiger partial charge >= 0.3 is 0 Å². The Morgan fingerprint density at radius 2 is 2.30 bits per heavy atom. The fourth-order valence-corrected chi connectivity index (χ4v) is 5.20. The summed E-state index contributed by atoms with van der Waals surface area (Å²) in [6, 6.07) is 6.11. The molecule has 3 nitrogen and oxygen atoms in total. The average Bonchev–Trinajstić information content (AvgIpc) is 2.53. The maximum Gasteiger partial charge on any atom is 0.251 e. The fourth-order valence-electron chi connectivity index (χ4n) is 2.58. The van der Waals surface area contributed by atoms with Gasteiger partial charge in [0.05, 0.1) is 0 Å². The van der Waals surface area contributed by atoms with Crippen LogP contribution in [0.5, 0.6) is 0 Å². The Balaban J connectivity index is 1.59. The molecule has 3 rings (SSSR count). The highest BCUT2D eigenvalue weighted by Crippen LogP contribution is 2.23. The zero-order chi connectivity index (χ0) is 13.8. The molecule has 0 spiro atoms. The standard InChI is InChI=1S/C15H20N2OS2/c18-15(17-9-14-10-19-5-6-20-14)12-2-1-11-3-4-16-8-13(11)7-12/h1-2,7,14,16H,3-6,8-10H2,(H,17,18). The number of benzene rings is 1. The molecule has 1 aromatic carbocycles. The van der Waals surface area contributed by atoms with Crippen molar-refractivity contribution in [3.05, 3.63) is 34.9 Å². The lowest BCUT2D eigenvalue weighted by atomic mass is 9.98. The molecule has 0 saturated carbocycles. The Morgan fingerprint density at radius 3 is 3.15 bits per heavy atom. The molecule has 1 fully saturated rings. The molecule has 0 aromatic heterocycles. The van der Waals surface area contributed by atoms with Crippen molar-refractivity contribution in [2.45, 2.75) is 18.2 Å². The van der Waals surface area contributed by atoms with Crippen LogP contribution >= 0.6 is 23.5 Å². The molecular weight excluding hydrogens is 288 g/mol. The zero-order valence-electron chi connectivity index (χ0n) is 11.5. The van der Waals surface area contributed by atoms with Gasteiger partial charge in [0.15, 0.2) is 0 Å². The Kier molecular flexibility index (Phi) is 4.91. The molecule has 2 aliphatic rings. The van der Waals surface area contributed by atoms with E-state index in [1.54, 1.807) is 0 Å². The van der Waals surface area contributed by atoms with Crippen LogP contribution < -0.4 is 10.6 Å². The van der Waals surface area contributed by atoms with Crippen LogP contribution in [-0.2, 0) is 13.0 Å². The molecule has 1 saturated heterocycles. The Labute approximate surface area is 128 Å². The first-order chi connectivity index (χ1) is 9.83. The van der Waals surface area contributed by atoms with E-state index in [2.05, 4.69) is 16.7 Å². The summed E-state index contributed by atoms with van der Waals surface area (Å²) in [4.78, 5) is 12.2. The molecule has 0 bridgehead atoms. The molecule has 1 aromatic rings. The molecule has 1 atom stereocenters. The summed E-state index contributed by atoms with van der Waals surface area (Å²) in [6.45, 7) is 2.70. The number of fused-ring (bicyclic) bond motifs is 1. The van der Waals surface area contributed by atoms with Gasteiger partial charge in [0.2, 0.25) is 0 Å². The van der Waals surface area contributed by atoms with E-state index in [1.807, 2.05) is 35.7 Å². The van der Waals surface area contributed by atoms with Crippen molar-refractivity contribution in [3.8, 4) is 0 Å².